The lowest BCUT2D eigenvalue weighted by Crippen LogP contribution is -2.19. The molecular weight excluding hydrogens is 268 g/mol. The van der Waals surface area contributed by atoms with E-state index in [4.69, 9.17) is 10.9 Å². The molecule has 0 spiro atoms. The fourth-order valence-corrected chi connectivity index (χ4v) is 1.94. The molecule has 3 N–H and O–H groups in total. The topological polar surface area (TPSA) is 102 Å². The number of amidine groups is 1. The Morgan fingerprint density at radius 2 is 1.86 bits per heavy atom. The van der Waals surface area contributed by atoms with Crippen molar-refractivity contribution in [1.29, 1.82) is 0 Å². The number of hydrogen-bond acceptors (Lipinski definition) is 5. The highest BCUT2D eigenvalue weighted by atomic mass is 16.4. The summed E-state index contributed by atoms with van der Waals surface area (Å²) in [4.78, 5) is 8.26. The summed E-state index contributed by atoms with van der Waals surface area (Å²) in [5.74, 6) is 0.282. The number of aromatic nitrogens is 4. The number of nitrogens with zero attached hydrogens (tertiary/aromatic N) is 5. The van der Waals surface area contributed by atoms with Crippen molar-refractivity contribution in [3.05, 3.63) is 60.8 Å². The van der Waals surface area contributed by atoms with Crippen molar-refractivity contribution in [3.8, 4) is 16.9 Å². The van der Waals surface area contributed by atoms with Crippen LogP contribution in [-0.2, 0) is 0 Å². The highest BCUT2D eigenvalue weighted by Gasteiger charge is 2.13. The molecule has 0 unspecified atom stereocenters. The predicted molar refractivity (Wildman–Crippen MR) is 77.1 cm³/mol. The Labute approximate surface area is 120 Å². The molecule has 0 amide bonds. The highest BCUT2D eigenvalue weighted by Crippen LogP contribution is 2.19. The van der Waals surface area contributed by atoms with Crippen molar-refractivity contribution in [2.75, 3.05) is 0 Å². The maximum absolute atomic E-state index is 8.81. The van der Waals surface area contributed by atoms with Crippen molar-refractivity contribution in [2.24, 2.45) is 10.9 Å². The Kier molecular flexibility index (Phi) is 3.30. The van der Waals surface area contributed by atoms with Crippen LogP contribution < -0.4 is 5.73 Å². The quantitative estimate of drug-likeness (QED) is 0.327. The van der Waals surface area contributed by atoms with Crippen LogP contribution in [0.25, 0.3) is 16.9 Å². The second-order valence-corrected chi connectivity index (χ2v) is 4.25. The summed E-state index contributed by atoms with van der Waals surface area (Å²) in [5.41, 5.74) is 7.85. The van der Waals surface area contributed by atoms with E-state index >= 15 is 0 Å². The van der Waals surface area contributed by atoms with Crippen LogP contribution in [0.3, 0.4) is 0 Å². The van der Waals surface area contributed by atoms with Crippen LogP contribution in [0.2, 0.25) is 0 Å². The molecule has 0 atom stereocenters. The standard InChI is InChI=1S/C14H12N6O/c15-13(19-21)12-14(17-7-6-16-12)20-9-11(8-18-20)10-4-2-1-3-5-10/h1-9,21H,(H2,15,19). The zero-order valence-corrected chi connectivity index (χ0v) is 11.0. The van der Waals surface area contributed by atoms with Gasteiger partial charge in [-0.25, -0.2) is 14.6 Å². The Balaban J connectivity index is 2.05. The summed E-state index contributed by atoms with van der Waals surface area (Å²) < 4.78 is 1.54. The molecule has 7 nitrogen and oxygen atoms in total. The third kappa shape index (κ3) is 2.44. The van der Waals surface area contributed by atoms with E-state index in [0.717, 1.165) is 11.1 Å². The Bertz CT molecular complexity index is 781. The predicted octanol–water partition coefficient (Wildman–Crippen LogP) is 1.42. The summed E-state index contributed by atoms with van der Waals surface area (Å²) in [7, 11) is 0. The smallest absolute Gasteiger partial charge is 0.192 e. The van der Waals surface area contributed by atoms with Gasteiger partial charge in [0.05, 0.1) is 6.20 Å². The van der Waals surface area contributed by atoms with Gasteiger partial charge in [-0.05, 0) is 5.56 Å². The van der Waals surface area contributed by atoms with E-state index in [0.29, 0.717) is 5.82 Å². The van der Waals surface area contributed by atoms with E-state index in [9.17, 15) is 0 Å². The summed E-state index contributed by atoms with van der Waals surface area (Å²) in [6.45, 7) is 0. The molecule has 0 aliphatic carbocycles. The lowest BCUT2D eigenvalue weighted by molar-refractivity contribution is 0.318. The van der Waals surface area contributed by atoms with Crippen LogP contribution in [0.15, 0.2) is 60.3 Å². The van der Waals surface area contributed by atoms with Crippen molar-refractivity contribution in [2.45, 2.75) is 0 Å². The monoisotopic (exact) mass is 280 g/mol. The molecule has 3 rings (SSSR count). The number of oxime groups is 1. The van der Waals surface area contributed by atoms with E-state index in [1.807, 2.05) is 36.5 Å². The number of rotatable bonds is 3. The molecule has 1 aromatic carbocycles. The fourth-order valence-electron chi connectivity index (χ4n) is 1.94. The molecule has 0 aliphatic rings. The molecular formula is C14H12N6O. The van der Waals surface area contributed by atoms with Crippen LogP contribution in [0.4, 0.5) is 0 Å². The van der Waals surface area contributed by atoms with Crippen molar-refractivity contribution >= 4 is 5.84 Å². The van der Waals surface area contributed by atoms with Crippen LogP contribution in [0.1, 0.15) is 5.69 Å². The Hall–Kier alpha value is -3.22. The summed E-state index contributed by atoms with van der Waals surface area (Å²) in [5, 5.41) is 16.0. The molecule has 0 radical (unpaired) electrons. The maximum Gasteiger partial charge on any atom is 0.192 e. The van der Waals surface area contributed by atoms with Crippen LogP contribution in [0.5, 0.6) is 0 Å². The van der Waals surface area contributed by atoms with Gasteiger partial charge in [-0.3, -0.25) is 0 Å². The molecule has 21 heavy (non-hydrogen) atoms. The molecule has 0 saturated heterocycles. The second-order valence-electron chi connectivity index (χ2n) is 4.25. The van der Waals surface area contributed by atoms with E-state index in [1.165, 1.54) is 12.4 Å². The van der Waals surface area contributed by atoms with Gasteiger partial charge in [0, 0.05) is 24.2 Å². The molecule has 0 aliphatic heterocycles. The molecule has 2 heterocycles. The highest BCUT2D eigenvalue weighted by molar-refractivity contribution is 5.97. The van der Waals surface area contributed by atoms with Gasteiger partial charge in [0.2, 0.25) is 0 Å². The Morgan fingerprint density at radius 3 is 2.62 bits per heavy atom. The van der Waals surface area contributed by atoms with Gasteiger partial charge < -0.3 is 10.9 Å². The van der Waals surface area contributed by atoms with E-state index in [1.54, 1.807) is 10.9 Å². The van der Waals surface area contributed by atoms with E-state index in [-0.39, 0.29) is 11.5 Å². The number of benzene rings is 1. The average Bonchev–Trinajstić information content (AvgIpc) is 3.05. The van der Waals surface area contributed by atoms with Gasteiger partial charge in [-0.15, -0.1) is 0 Å². The lowest BCUT2D eigenvalue weighted by Gasteiger charge is -2.05. The third-order valence-corrected chi connectivity index (χ3v) is 2.94. The van der Waals surface area contributed by atoms with Gasteiger partial charge in [0.1, 0.15) is 0 Å². The largest absolute Gasteiger partial charge is 0.409 e. The average molecular weight is 280 g/mol. The summed E-state index contributed by atoms with van der Waals surface area (Å²) in [6.07, 6.45) is 6.53. The SMILES string of the molecule is NC(=NO)c1nccnc1-n1cc(-c2ccccc2)cn1. The van der Waals surface area contributed by atoms with E-state index < -0.39 is 0 Å². The van der Waals surface area contributed by atoms with Crippen LogP contribution in [0, 0.1) is 0 Å². The second kappa shape index (κ2) is 5.41. The minimum absolute atomic E-state index is 0.116. The fraction of sp³-hybridized carbons (Fsp3) is 0. The summed E-state index contributed by atoms with van der Waals surface area (Å²) in [6, 6.07) is 9.84. The van der Waals surface area contributed by atoms with Crippen molar-refractivity contribution in [3.63, 3.8) is 0 Å². The van der Waals surface area contributed by atoms with E-state index in [2.05, 4.69) is 20.2 Å². The van der Waals surface area contributed by atoms with Gasteiger partial charge >= 0.3 is 0 Å². The zero-order valence-electron chi connectivity index (χ0n) is 11.0. The van der Waals surface area contributed by atoms with Crippen LogP contribution >= 0.6 is 0 Å². The van der Waals surface area contributed by atoms with Crippen molar-refractivity contribution in [1.82, 2.24) is 19.7 Å². The lowest BCUT2D eigenvalue weighted by atomic mass is 10.1. The minimum Gasteiger partial charge on any atom is -0.409 e. The maximum atomic E-state index is 8.81. The first-order chi connectivity index (χ1) is 10.3. The molecule has 104 valence electrons. The molecule has 0 fully saturated rings. The number of nitrogens with two attached hydrogens (primary N) is 1. The van der Waals surface area contributed by atoms with Gasteiger partial charge in [0.15, 0.2) is 17.3 Å². The first-order valence-electron chi connectivity index (χ1n) is 6.19. The zero-order chi connectivity index (χ0) is 14.7. The first kappa shape index (κ1) is 12.8. The third-order valence-electron chi connectivity index (χ3n) is 2.94. The normalized spacial score (nSPS) is 11.5. The van der Waals surface area contributed by atoms with Crippen molar-refractivity contribution < 1.29 is 5.21 Å². The van der Waals surface area contributed by atoms with Gasteiger partial charge in [0.25, 0.3) is 0 Å². The molecule has 2 aromatic heterocycles. The Morgan fingerprint density at radius 1 is 1.10 bits per heavy atom. The first-order valence-corrected chi connectivity index (χ1v) is 6.19. The molecule has 0 saturated carbocycles. The summed E-state index contributed by atoms with van der Waals surface area (Å²) >= 11 is 0. The molecule has 7 heteroatoms. The minimum atomic E-state index is -0.116. The number of hydrogen-bond donors (Lipinski definition) is 2. The van der Waals surface area contributed by atoms with Gasteiger partial charge in [-0.1, -0.05) is 35.5 Å². The molecule has 0 bridgehead atoms. The van der Waals surface area contributed by atoms with Gasteiger partial charge in [-0.2, -0.15) is 5.10 Å². The van der Waals surface area contributed by atoms with Crippen LogP contribution in [-0.4, -0.2) is 30.8 Å². The molecule has 3 aromatic rings.